The van der Waals surface area contributed by atoms with Crippen LogP contribution in [-0.2, 0) is 10.0 Å². The number of aryl methyl sites for hydroxylation is 1. The average Bonchev–Trinajstić information content (AvgIpc) is 2.66. The van der Waals surface area contributed by atoms with Crippen LogP contribution in [0.1, 0.15) is 65.3 Å². The maximum atomic E-state index is 13.0. The van der Waals surface area contributed by atoms with Crippen LogP contribution in [0, 0.1) is 13.8 Å². The highest BCUT2D eigenvalue weighted by Crippen LogP contribution is 2.32. The molecule has 2 aromatic rings. The van der Waals surface area contributed by atoms with Crippen molar-refractivity contribution in [1.29, 1.82) is 0 Å². The van der Waals surface area contributed by atoms with E-state index in [0.29, 0.717) is 16.8 Å². The lowest BCUT2D eigenvalue weighted by Gasteiger charge is -2.23. The number of rotatable bonds is 7. The molecule has 2 rings (SSSR count). The van der Waals surface area contributed by atoms with Crippen molar-refractivity contribution in [3.8, 4) is 5.75 Å². The molecule has 6 nitrogen and oxygen atoms in total. The minimum absolute atomic E-state index is 0.225. The fourth-order valence-corrected chi connectivity index (χ4v) is 4.11. The van der Waals surface area contributed by atoms with E-state index in [-0.39, 0.29) is 17.9 Å². The second-order valence-electron chi connectivity index (χ2n) is 7.98. The third-order valence-electron chi connectivity index (χ3n) is 5.44. The molecule has 1 unspecified atom stereocenters. The monoisotopic (exact) mass is 432 g/mol. The quantitative estimate of drug-likeness (QED) is 0.707. The largest absolute Gasteiger partial charge is 0.496 e. The Bertz CT molecular complexity index is 1050. The summed E-state index contributed by atoms with van der Waals surface area (Å²) in [6.45, 7) is 9.91. The minimum atomic E-state index is -3.42. The van der Waals surface area contributed by atoms with Gasteiger partial charge in [-0.2, -0.15) is 0 Å². The van der Waals surface area contributed by atoms with Crippen LogP contribution in [0.3, 0.4) is 0 Å². The van der Waals surface area contributed by atoms with Crippen LogP contribution in [0.2, 0.25) is 0 Å². The van der Waals surface area contributed by atoms with Crippen LogP contribution in [0.25, 0.3) is 0 Å². The lowest BCUT2D eigenvalue weighted by Crippen LogP contribution is -2.29. The van der Waals surface area contributed by atoms with Gasteiger partial charge in [0, 0.05) is 12.6 Å². The molecule has 0 radical (unpaired) electrons. The molecule has 0 aliphatic heterocycles. The fourth-order valence-electron chi connectivity index (χ4n) is 3.55. The highest BCUT2D eigenvalue weighted by Gasteiger charge is 2.21. The van der Waals surface area contributed by atoms with Crippen LogP contribution in [0.15, 0.2) is 30.3 Å². The van der Waals surface area contributed by atoms with E-state index >= 15 is 0 Å². The molecule has 0 heterocycles. The van der Waals surface area contributed by atoms with Crippen molar-refractivity contribution in [2.24, 2.45) is 0 Å². The van der Waals surface area contributed by atoms with Gasteiger partial charge in [0.05, 0.1) is 25.1 Å². The minimum Gasteiger partial charge on any atom is -0.496 e. The molecule has 1 N–H and O–H groups in total. The zero-order valence-corrected chi connectivity index (χ0v) is 19.8. The van der Waals surface area contributed by atoms with Gasteiger partial charge in [0.1, 0.15) is 5.75 Å². The third-order valence-corrected chi connectivity index (χ3v) is 6.63. The lowest BCUT2D eigenvalue weighted by atomic mass is 9.93. The Morgan fingerprint density at radius 1 is 1.10 bits per heavy atom. The summed E-state index contributed by atoms with van der Waals surface area (Å²) < 4.78 is 30.5. The second kappa shape index (κ2) is 9.08. The Kier molecular flexibility index (Phi) is 7.18. The smallest absolute Gasteiger partial charge is 0.252 e. The van der Waals surface area contributed by atoms with Gasteiger partial charge < -0.3 is 10.1 Å². The lowest BCUT2D eigenvalue weighted by molar-refractivity contribution is 0.0939. The SMILES string of the molecule is COc1cc(C)c(C(C)NC(=O)c2cccc(N(C)S(C)(=O)=O)c2C)cc1C(C)C. The predicted octanol–water partition coefficient (Wildman–Crippen LogP) is 4.32. The second-order valence-corrected chi connectivity index (χ2v) is 9.99. The number of ether oxygens (including phenoxy) is 1. The summed E-state index contributed by atoms with van der Waals surface area (Å²) in [5.41, 5.74) is 4.70. The number of nitrogens with zero attached hydrogens (tertiary/aromatic N) is 1. The van der Waals surface area contributed by atoms with Crippen LogP contribution < -0.4 is 14.4 Å². The Labute approximate surface area is 180 Å². The first-order valence-corrected chi connectivity index (χ1v) is 11.8. The molecule has 164 valence electrons. The molecular weight excluding hydrogens is 400 g/mol. The van der Waals surface area contributed by atoms with E-state index in [0.717, 1.165) is 28.7 Å². The molecular formula is C23H32N2O4S. The highest BCUT2D eigenvalue weighted by molar-refractivity contribution is 7.92. The van der Waals surface area contributed by atoms with Crippen molar-refractivity contribution in [3.05, 3.63) is 58.1 Å². The first-order chi connectivity index (χ1) is 13.9. The molecule has 1 atom stereocenters. The molecule has 0 saturated carbocycles. The number of hydrogen-bond donors (Lipinski definition) is 1. The van der Waals surface area contributed by atoms with Crippen molar-refractivity contribution in [2.45, 2.75) is 46.6 Å². The Morgan fingerprint density at radius 3 is 2.27 bits per heavy atom. The number of sulfonamides is 1. The van der Waals surface area contributed by atoms with Crippen molar-refractivity contribution in [1.82, 2.24) is 5.32 Å². The Morgan fingerprint density at radius 2 is 1.73 bits per heavy atom. The van der Waals surface area contributed by atoms with E-state index in [9.17, 15) is 13.2 Å². The summed E-state index contributed by atoms with van der Waals surface area (Å²) in [5, 5.41) is 3.05. The summed E-state index contributed by atoms with van der Waals surface area (Å²) in [6, 6.07) is 8.96. The molecule has 2 aromatic carbocycles. The van der Waals surface area contributed by atoms with Gasteiger partial charge in [0.15, 0.2) is 0 Å². The molecule has 0 saturated heterocycles. The maximum absolute atomic E-state index is 13.0. The van der Waals surface area contributed by atoms with Crippen LogP contribution >= 0.6 is 0 Å². The van der Waals surface area contributed by atoms with Crippen LogP contribution in [0.5, 0.6) is 5.75 Å². The Hall–Kier alpha value is -2.54. The summed E-state index contributed by atoms with van der Waals surface area (Å²) in [4.78, 5) is 13.0. The maximum Gasteiger partial charge on any atom is 0.252 e. The van der Waals surface area contributed by atoms with E-state index in [4.69, 9.17) is 4.74 Å². The predicted molar refractivity (Wildman–Crippen MR) is 122 cm³/mol. The molecule has 1 amide bonds. The van der Waals surface area contributed by atoms with Crippen molar-refractivity contribution >= 4 is 21.6 Å². The van der Waals surface area contributed by atoms with Crippen molar-refractivity contribution in [3.63, 3.8) is 0 Å². The first-order valence-electron chi connectivity index (χ1n) is 9.91. The number of carbonyl (C=O) groups is 1. The number of hydrogen-bond acceptors (Lipinski definition) is 4. The standard InChI is InChI=1S/C23H32N2O4S/c1-14(2)19-13-20(15(3)12-22(19)29-7)17(5)24-23(26)18-10-9-11-21(16(18)4)25(6)30(8,27)28/h9-14,17H,1-8H3,(H,24,26). The number of benzene rings is 2. The summed E-state index contributed by atoms with van der Waals surface area (Å²) >= 11 is 0. The number of nitrogens with one attached hydrogen (secondary N) is 1. The van der Waals surface area contributed by atoms with Crippen molar-refractivity contribution in [2.75, 3.05) is 24.7 Å². The van der Waals surface area contributed by atoms with Gasteiger partial charge >= 0.3 is 0 Å². The van der Waals surface area contributed by atoms with Gasteiger partial charge in [-0.25, -0.2) is 8.42 Å². The molecule has 0 aliphatic carbocycles. The molecule has 7 heteroatoms. The third kappa shape index (κ3) is 4.95. The number of carbonyl (C=O) groups excluding carboxylic acids is 1. The van der Waals surface area contributed by atoms with Crippen LogP contribution in [-0.4, -0.2) is 34.7 Å². The molecule has 30 heavy (non-hydrogen) atoms. The molecule has 0 fully saturated rings. The summed E-state index contributed by atoms with van der Waals surface area (Å²) in [7, 11) is -0.279. The molecule has 0 spiro atoms. The van der Waals surface area contributed by atoms with Gasteiger partial charge in [-0.15, -0.1) is 0 Å². The van der Waals surface area contributed by atoms with E-state index in [1.165, 1.54) is 11.4 Å². The van der Waals surface area contributed by atoms with E-state index < -0.39 is 10.0 Å². The summed E-state index contributed by atoms with van der Waals surface area (Å²) in [5.74, 6) is 0.884. The number of anilines is 1. The normalized spacial score (nSPS) is 12.6. The number of methoxy groups -OCH3 is 1. The van der Waals surface area contributed by atoms with Gasteiger partial charge in [-0.1, -0.05) is 19.9 Å². The topological polar surface area (TPSA) is 75.7 Å². The average molecular weight is 433 g/mol. The zero-order chi connectivity index (χ0) is 22.8. The molecule has 0 aromatic heterocycles. The van der Waals surface area contributed by atoms with Gasteiger partial charge in [-0.3, -0.25) is 9.10 Å². The number of amides is 1. The fraction of sp³-hybridized carbons (Fsp3) is 0.435. The van der Waals surface area contributed by atoms with Gasteiger partial charge in [-0.05, 0) is 73.2 Å². The van der Waals surface area contributed by atoms with Gasteiger partial charge in [0.25, 0.3) is 5.91 Å². The Balaban J connectivity index is 2.36. The zero-order valence-electron chi connectivity index (χ0n) is 19.0. The van der Waals surface area contributed by atoms with Crippen LogP contribution in [0.4, 0.5) is 5.69 Å². The van der Waals surface area contributed by atoms with E-state index in [1.54, 1.807) is 32.2 Å². The van der Waals surface area contributed by atoms with E-state index in [1.807, 2.05) is 19.9 Å². The highest BCUT2D eigenvalue weighted by atomic mass is 32.2. The summed E-state index contributed by atoms with van der Waals surface area (Å²) in [6.07, 6.45) is 1.14. The van der Waals surface area contributed by atoms with Crippen molar-refractivity contribution < 1.29 is 17.9 Å². The molecule has 0 aliphatic rings. The van der Waals surface area contributed by atoms with E-state index in [2.05, 4.69) is 25.2 Å². The molecule has 0 bridgehead atoms. The first kappa shape index (κ1) is 23.7. The van der Waals surface area contributed by atoms with Gasteiger partial charge in [0.2, 0.25) is 10.0 Å².